The number of hydrogen-bond donors (Lipinski definition) is 1. The quantitative estimate of drug-likeness (QED) is 0.707. The average Bonchev–Trinajstić information content (AvgIpc) is 3.38. The zero-order valence-electron chi connectivity index (χ0n) is 17.0. The number of hydrogen-bond acceptors (Lipinski definition) is 8. The highest BCUT2D eigenvalue weighted by Crippen LogP contribution is 2.35. The maximum absolute atomic E-state index is 13.5. The van der Waals surface area contributed by atoms with Gasteiger partial charge in [0.25, 0.3) is 11.8 Å². The average molecular weight is 405 g/mol. The van der Waals surface area contributed by atoms with E-state index in [0.29, 0.717) is 29.8 Å². The Morgan fingerprint density at radius 2 is 2.20 bits per heavy atom. The van der Waals surface area contributed by atoms with Crippen LogP contribution in [-0.4, -0.2) is 51.7 Å². The summed E-state index contributed by atoms with van der Waals surface area (Å²) in [6.45, 7) is 5.99. The predicted octanol–water partition coefficient (Wildman–Crippen LogP) is 2.90. The van der Waals surface area contributed by atoms with Gasteiger partial charge in [-0.2, -0.15) is 9.97 Å². The Hall–Kier alpha value is -3.49. The highest BCUT2D eigenvalue weighted by Gasteiger charge is 2.37. The molecular weight excluding hydrogens is 382 g/mol. The van der Waals surface area contributed by atoms with Crippen molar-refractivity contribution in [3.05, 3.63) is 41.9 Å². The molecule has 1 amide bonds. The van der Waals surface area contributed by atoms with Crippen molar-refractivity contribution in [1.29, 1.82) is 0 Å². The summed E-state index contributed by atoms with van der Waals surface area (Å²) in [7, 11) is 0. The van der Waals surface area contributed by atoms with Crippen LogP contribution in [0.3, 0.4) is 0 Å². The van der Waals surface area contributed by atoms with E-state index in [0.717, 1.165) is 43.0 Å². The van der Waals surface area contributed by atoms with Crippen LogP contribution in [0.15, 0.2) is 35.0 Å². The molecule has 2 aliphatic rings. The molecule has 0 bridgehead atoms. The minimum Gasteiger partial charge on any atom is -0.354 e. The largest absolute Gasteiger partial charge is 0.354 e. The number of anilines is 3. The first-order valence-corrected chi connectivity index (χ1v) is 10.2. The maximum Gasteiger partial charge on any atom is 0.263 e. The van der Waals surface area contributed by atoms with Gasteiger partial charge < -0.3 is 19.6 Å². The Kier molecular flexibility index (Phi) is 4.57. The highest BCUT2D eigenvalue weighted by atomic mass is 16.5. The molecule has 5 rings (SSSR count). The molecular formula is C21H23N7O2. The monoisotopic (exact) mass is 405 g/mol. The Balaban J connectivity index is 1.56. The van der Waals surface area contributed by atoms with E-state index < -0.39 is 0 Å². The second kappa shape index (κ2) is 7.40. The fraction of sp³-hybridized carbons (Fsp3) is 0.381. The summed E-state index contributed by atoms with van der Waals surface area (Å²) < 4.78 is 5.31. The molecule has 3 aromatic rings. The lowest BCUT2D eigenvalue weighted by Gasteiger charge is -2.27. The van der Waals surface area contributed by atoms with Crippen molar-refractivity contribution in [2.45, 2.75) is 32.7 Å². The number of rotatable bonds is 4. The zero-order chi connectivity index (χ0) is 20.7. The molecule has 2 aromatic heterocycles. The van der Waals surface area contributed by atoms with Gasteiger partial charge in [0.2, 0.25) is 5.95 Å². The van der Waals surface area contributed by atoms with E-state index in [4.69, 9.17) is 4.52 Å². The molecule has 0 radical (unpaired) electrons. The Labute approximate surface area is 174 Å². The number of nitrogens with zero attached hydrogens (tertiary/aromatic N) is 6. The molecule has 9 nitrogen and oxygen atoms in total. The predicted molar refractivity (Wildman–Crippen MR) is 113 cm³/mol. The Bertz CT molecular complexity index is 1100. The summed E-state index contributed by atoms with van der Waals surface area (Å²) in [5.74, 6) is 2.20. The maximum atomic E-state index is 13.5. The number of nitrogens with one attached hydrogen (secondary N) is 1. The molecule has 154 valence electrons. The number of fused-ring (bicyclic) bond motifs is 3. The van der Waals surface area contributed by atoms with E-state index in [1.165, 1.54) is 0 Å². The first-order chi connectivity index (χ1) is 14.6. The van der Waals surface area contributed by atoms with Crippen molar-refractivity contribution >= 4 is 23.4 Å². The minimum atomic E-state index is -0.0960. The molecule has 0 aliphatic carbocycles. The molecule has 1 aromatic carbocycles. The molecule has 1 atom stereocenters. The summed E-state index contributed by atoms with van der Waals surface area (Å²) in [6, 6.07) is 7.88. The lowest BCUT2D eigenvalue weighted by Crippen LogP contribution is -2.39. The number of amides is 1. The molecule has 4 heterocycles. The second-order valence-electron chi connectivity index (χ2n) is 7.56. The van der Waals surface area contributed by atoms with Crippen LogP contribution in [0.2, 0.25) is 0 Å². The molecule has 30 heavy (non-hydrogen) atoms. The van der Waals surface area contributed by atoms with Crippen LogP contribution in [0.5, 0.6) is 0 Å². The van der Waals surface area contributed by atoms with Gasteiger partial charge in [0.1, 0.15) is 11.4 Å². The van der Waals surface area contributed by atoms with Gasteiger partial charge in [-0.3, -0.25) is 4.79 Å². The van der Waals surface area contributed by atoms with Crippen molar-refractivity contribution < 1.29 is 9.32 Å². The van der Waals surface area contributed by atoms with E-state index in [2.05, 4.69) is 30.3 Å². The topological polar surface area (TPSA) is 100 Å². The van der Waals surface area contributed by atoms with Crippen molar-refractivity contribution in [2.24, 2.45) is 0 Å². The third kappa shape index (κ3) is 3.16. The molecule has 9 heteroatoms. The van der Waals surface area contributed by atoms with Gasteiger partial charge in [0.05, 0.1) is 0 Å². The van der Waals surface area contributed by atoms with Crippen molar-refractivity contribution in [3.8, 4) is 11.5 Å². The fourth-order valence-electron chi connectivity index (χ4n) is 4.17. The summed E-state index contributed by atoms with van der Waals surface area (Å²) in [6.07, 6.45) is 3.74. The van der Waals surface area contributed by atoms with Crippen LogP contribution in [0, 0.1) is 6.92 Å². The lowest BCUT2D eigenvalue weighted by atomic mass is 10.1. The summed E-state index contributed by atoms with van der Waals surface area (Å²) in [5, 5.41) is 7.01. The van der Waals surface area contributed by atoms with Gasteiger partial charge in [-0.25, -0.2) is 4.98 Å². The van der Waals surface area contributed by atoms with E-state index in [1.54, 1.807) is 13.1 Å². The van der Waals surface area contributed by atoms with Crippen LogP contribution in [0.1, 0.15) is 35.9 Å². The number of benzene rings is 1. The highest BCUT2D eigenvalue weighted by molar-refractivity contribution is 6.10. The third-order valence-corrected chi connectivity index (χ3v) is 5.55. The van der Waals surface area contributed by atoms with Gasteiger partial charge in [0, 0.05) is 43.1 Å². The molecule has 1 saturated heterocycles. The summed E-state index contributed by atoms with van der Waals surface area (Å²) in [4.78, 5) is 30.9. The number of aromatic nitrogens is 4. The van der Waals surface area contributed by atoms with Crippen LogP contribution >= 0.6 is 0 Å². The lowest BCUT2D eigenvalue weighted by molar-refractivity contribution is 0.0988. The fourth-order valence-corrected chi connectivity index (χ4v) is 4.17. The van der Waals surface area contributed by atoms with Gasteiger partial charge in [-0.15, -0.1) is 0 Å². The summed E-state index contributed by atoms with van der Waals surface area (Å²) in [5.41, 5.74) is 2.11. The Morgan fingerprint density at radius 1 is 1.30 bits per heavy atom. The molecule has 0 saturated carbocycles. The van der Waals surface area contributed by atoms with Crippen molar-refractivity contribution in [3.63, 3.8) is 0 Å². The van der Waals surface area contributed by atoms with Crippen LogP contribution < -0.4 is 15.1 Å². The number of aryl methyl sites for hydroxylation is 1. The van der Waals surface area contributed by atoms with Gasteiger partial charge >= 0.3 is 0 Å². The third-order valence-electron chi connectivity index (χ3n) is 5.55. The first-order valence-electron chi connectivity index (χ1n) is 10.2. The van der Waals surface area contributed by atoms with Crippen molar-refractivity contribution in [2.75, 3.05) is 34.8 Å². The zero-order valence-corrected chi connectivity index (χ0v) is 17.0. The second-order valence-corrected chi connectivity index (χ2v) is 7.56. The van der Waals surface area contributed by atoms with E-state index in [9.17, 15) is 4.79 Å². The van der Waals surface area contributed by atoms with Gasteiger partial charge in [0.15, 0.2) is 5.82 Å². The van der Waals surface area contributed by atoms with E-state index >= 15 is 0 Å². The van der Waals surface area contributed by atoms with E-state index in [-0.39, 0.29) is 11.9 Å². The number of carbonyl (C=O) groups excluding carboxylic acids is 1. The van der Waals surface area contributed by atoms with Gasteiger partial charge in [-0.05, 0) is 44.9 Å². The standard InChI is InChI=1S/C21H23N7O2/c1-3-22-21-23-11-17-18(25-21)27-9-5-8-16(27)12-28(20(17)29)15-7-4-6-14(10-15)19-24-13(2)26-30-19/h4,6-7,10-11,16H,3,5,8-9,12H2,1-2H3,(H,22,23,25)/t16-/m0/s1. The molecule has 1 fully saturated rings. The molecule has 1 N–H and O–H groups in total. The normalized spacial score (nSPS) is 18.2. The smallest absolute Gasteiger partial charge is 0.263 e. The van der Waals surface area contributed by atoms with Crippen LogP contribution in [-0.2, 0) is 0 Å². The SMILES string of the molecule is CCNc1ncc2c(n1)N1CCC[C@H]1CN(c1cccc(-c3nc(C)no3)c1)C2=O. The minimum absolute atomic E-state index is 0.0960. The van der Waals surface area contributed by atoms with Crippen molar-refractivity contribution in [1.82, 2.24) is 20.1 Å². The van der Waals surface area contributed by atoms with E-state index in [1.807, 2.05) is 36.1 Å². The van der Waals surface area contributed by atoms with Gasteiger partial charge in [-0.1, -0.05) is 11.2 Å². The van der Waals surface area contributed by atoms with Crippen LogP contribution in [0.4, 0.5) is 17.5 Å². The molecule has 2 aliphatic heterocycles. The number of carbonyl (C=O) groups is 1. The Morgan fingerprint density at radius 3 is 3.00 bits per heavy atom. The molecule has 0 spiro atoms. The molecule has 0 unspecified atom stereocenters. The first kappa shape index (κ1) is 18.5. The van der Waals surface area contributed by atoms with Crippen LogP contribution in [0.25, 0.3) is 11.5 Å². The summed E-state index contributed by atoms with van der Waals surface area (Å²) >= 11 is 0.